The molecule has 1 amide bonds. The summed E-state index contributed by atoms with van der Waals surface area (Å²) >= 11 is 6.32. The lowest BCUT2D eigenvalue weighted by Crippen LogP contribution is -2.30. The number of methoxy groups -OCH3 is 3. The lowest BCUT2D eigenvalue weighted by Gasteiger charge is -2.27. The van der Waals surface area contributed by atoms with Crippen LogP contribution in [0, 0.1) is 6.92 Å². The van der Waals surface area contributed by atoms with Crippen molar-refractivity contribution in [3.05, 3.63) is 87.9 Å². The molecule has 0 spiro atoms. The number of aliphatic hydroxyl groups is 1. The predicted octanol–water partition coefficient (Wildman–Crippen LogP) is 5.30. The molecule has 8 heteroatoms. The molecule has 0 aromatic heterocycles. The number of amides is 1. The summed E-state index contributed by atoms with van der Waals surface area (Å²) in [6, 6.07) is 16.3. The van der Waals surface area contributed by atoms with Gasteiger partial charge in [-0.25, -0.2) is 0 Å². The number of rotatable bonds is 6. The predicted molar refractivity (Wildman–Crippen MR) is 134 cm³/mol. The van der Waals surface area contributed by atoms with E-state index < -0.39 is 23.5 Å². The Kier molecular flexibility index (Phi) is 6.71. The van der Waals surface area contributed by atoms with E-state index in [-0.39, 0.29) is 21.9 Å². The van der Waals surface area contributed by atoms with Gasteiger partial charge in [-0.2, -0.15) is 0 Å². The minimum atomic E-state index is -0.896. The molecule has 1 atom stereocenters. The van der Waals surface area contributed by atoms with E-state index in [1.54, 1.807) is 43.5 Å². The standard InChI is InChI=1S/C27H24ClNO6/c1-15-7-5-6-8-20(15)29-24(16-9-11-17(33-2)12-10-16)23(26(31)27(29)32)25(30)18-13-19(28)22(35-4)14-21(18)34-3/h5-14,24,30H,1-4H3/b25-23+. The van der Waals surface area contributed by atoms with E-state index in [1.165, 1.54) is 31.3 Å². The molecule has 1 aliphatic rings. The van der Waals surface area contributed by atoms with Crippen LogP contribution in [0.5, 0.6) is 17.2 Å². The quantitative estimate of drug-likeness (QED) is 0.285. The fourth-order valence-corrected chi connectivity index (χ4v) is 4.45. The van der Waals surface area contributed by atoms with Gasteiger partial charge in [0.15, 0.2) is 0 Å². The average Bonchev–Trinajstić information content (AvgIpc) is 3.14. The maximum atomic E-state index is 13.4. The van der Waals surface area contributed by atoms with E-state index >= 15 is 0 Å². The minimum Gasteiger partial charge on any atom is -0.507 e. The lowest BCUT2D eigenvalue weighted by molar-refractivity contribution is -0.132. The first-order valence-corrected chi connectivity index (χ1v) is 11.1. The summed E-state index contributed by atoms with van der Waals surface area (Å²) < 4.78 is 15.9. The summed E-state index contributed by atoms with van der Waals surface area (Å²) in [5.41, 5.74) is 2.07. The number of aliphatic hydroxyl groups excluding tert-OH is 1. The molecule has 180 valence electrons. The average molecular weight is 494 g/mol. The first-order chi connectivity index (χ1) is 16.8. The molecule has 0 saturated carbocycles. The molecule has 3 aromatic rings. The first-order valence-electron chi connectivity index (χ1n) is 10.7. The molecule has 0 aliphatic carbocycles. The van der Waals surface area contributed by atoms with Crippen molar-refractivity contribution in [3.63, 3.8) is 0 Å². The molecular weight excluding hydrogens is 470 g/mol. The number of para-hydroxylation sites is 1. The van der Waals surface area contributed by atoms with Crippen LogP contribution in [-0.4, -0.2) is 38.1 Å². The summed E-state index contributed by atoms with van der Waals surface area (Å²) in [7, 11) is 4.43. The molecule has 1 unspecified atom stereocenters. The Morgan fingerprint density at radius 2 is 1.57 bits per heavy atom. The second-order valence-electron chi connectivity index (χ2n) is 7.92. The normalized spacial score (nSPS) is 16.9. The number of hydrogen-bond donors (Lipinski definition) is 1. The molecule has 1 saturated heterocycles. The second-order valence-corrected chi connectivity index (χ2v) is 8.32. The zero-order chi connectivity index (χ0) is 25.3. The molecule has 3 aromatic carbocycles. The number of anilines is 1. The number of carbonyl (C=O) groups excluding carboxylic acids is 2. The lowest BCUT2D eigenvalue weighted by atomic mass is 9.94. The molecule has 0 radical (unpaired) electrons. The van der Waals surface area contributed by atoms with Crippen LogP contribution < -0.4 is 19.1 Å². The van der Waals surface area contributed by atoms with Gasteiger partial charge in [-0.05, 0) is 42.3 Å². The summed E-state index contributed by atoms with van der Waals surface area (Å²) in [6.45, 7) is 1.85. The highest BCUT2D eigenvalue weighted by Gasteiger charge is 2.47. The summed E-state index contributed by atoms with van der Waals surface area (Å²) in [6.07, 6.45) is 0. The third-order valence-corrected chi connectivity index (χ3v) is 6.28. The third kappa shape index (κ3) is 4.19. The van der Waals surface area contributed by atoms with Crippen molar-refractivity contribution in [1.29, 1.82) is 0 Å². The fraction of sp³-hybridized carbons (Fsp3) is 0.185. The van der Waals surface area contributed by atoms with Gasteiger partial charge < -0.3 is 19.3 Å². The van der Waals surface area contributed by atoms with Crippen molar-refractivity contribution in [1.82, 2.24) is 0 Å². The number of nitrogens with zero attached hydrogens (tertiary/aromatic N) is 1. The fourth-order valence-electron chi connectivity index (χ4n) is 4.21. The molecule has 1 aliphatic heterocycles. The number of halogens is 1. The molecule has 7 nitrogen and oxygen atoms in total. The zero-order valence-electron chi connectivity index (χ0n) is 19.7. The van der Waals surface area contributed by atoms with E-state index in [9.17, 15) is 14.7 Å². The molecular formula is C27H24ClNO6. The number of ether oxygens (including phenoxy) is 3. The maximum Gasteiger partial charge on any atom is 0.300 e. The van der Waals surface area contributed by atoms with Crippen LogP contribution in [0.25, 0.3) is 5.76 Å². The van der Waals surface area contributed by atoms with Gasteiger partial charge >= 0.3 is 0 Å². The largest absolute Gasteiger partial charge is 0.507 e. The van der Waals surface area contributed by atoms with Crippen molar-refractivity contribution in [2.75, 3.05) is 26.2 Å². The third-order valence-electron chi connectivity index (χ3n) is 5.98. The molecule has 4 rings (SSSR count). The highest BCUT2D eigenvalue weighted by atomic mass is 35.5. The first kappa shape index (κ1) is 24.2. The van der Waals surface area contributed by atoms with Gasteiger partial charge in [-0.1, -0.05) is 41.9 Å². The van der Waals surface area contributed by atoms with E-state index in [1.807, 2.05) is 19.1 Å². The number of ketones is 1. The van der Waals surface area contributed by atoms with Gasteiger partial charge in [-0.15, -0.1) is 0 Å². The Bertz CT molecular complexity index is 1330. The number of hydrogen-bond acceptors (Lipinski definition) is 6. The summed E-state index contributed by atoms with van der Waals surface area (Å²) in [4.78, 5) is 28.2. The van der Waals surface area contributed by atoms with Gasteiger partial charge in [0.25, 0.3) is 11.7 Å². The van der Waals surface area contributed by atoms with Crippen LogP contribution in [0.15, 0.2) is 66.2 Å². The van der Waals surface area contributed by atoms with Crippen LogP contribution in [0.2, 0.25) is 5.02 Å². The van der Waals surface area contributed by atoms with Crippen molar-refractivity contribution >= 4 is 34.7 Å². The summed E-state index contributed by atoms with van der Waals surface area (Å²) in [5, 5.41) is 11.7. The second kappa shape index (κ2) is 9.72. The van der Waals surface area contributed by atoms with E-state index in [0.29, 0.717) is 22.7 Å². The highest BCUT2D eigenvalue weighted by molar-refractivity contribution is 6.52. The zero-order valence-corrected chi connectivity index (χ0v) is 20.4. The number of Topliss-reactive ketones (excluding diaryl/α,β-unsaturated/α-hetero) is 1. The molecule has 35 heavy (non-hydrogen) atoms. The molecule has 1 fully saturated rings. The Morgan fingerprint density at radius 3 is 2.17 bits per heavy atom. The van der Waals surface area contributed by atoms with Crippen LogP contribution in [0.4, 0.5) is 5.69 Å². The van der Waals surface area contributed by atoms with E-state index in [4.69, 9.17) is 25.8 Å². The van der Waals surface area contributed by atoms with Crippen molar-refractivity contribution in [3.8, 4) is 17.2 Å². The number of carbonyl (C=O) groups is 2. The van der Waals surface area contributed by atoms with Crippen LogP contribution >= 0.6 is 11.6 Å². The smallest absolute Gasteiger partial charge is 0.300 e. The van der Waals surface area contributed by atoms with Gasteiger partial charge in [0.1, 0.15) is 23.0 Å². The Balaban J connectivity index is 1.99. The molecule has 0 bridgehead atoms. The van der Waals surface area contributed by atoms with Crippen molar-refractivity contribution < 1.29 is 28.9 Å². The maximum absolute atomic E-state index is 13.4. The Morgan fingerprint density at radius 1 is 0.914 bits per heavy atom. The van der Waals surface area contributed by atoms with E-state index in [2.05, 4.69) is 0 Å². The molecule has 1 N–H and O–H groups in total. The van der Waals surface area contributed by atoms with Gasteiger partial charge in [0, 0.05) is 11.8 Å². The molecule has 1 heterocycles. The van der Waals surface area contributed by atoms with Gasteiger partial charge in [0.05, 0.1) is 43.5 Å². The summed E-state index contributed by atoms with van der Waals surface area (Å²) in [5.74, 6) is -0.779. The van der Waals surface area contributed by atoms with Crippen molar-refractivity contribution in [2.24, 2.45) is 0 Å². The van der Waals surface area contributed by atoms with Gasteiger partial charge in [-0.3, -0.25) is 14.5 Å². The van der Waals surface area contributed by atoms with Crippen LogP contribution in [0.3, 0.4) is 0 Å². The Hall–Kier alpha value is -3.97. The van der Waals surface area contributed by atoms with Crippen molar-refractivity contribution in [2.45, 2.75) is 13.0 Å². The highest BCUT2D eigenvalue weighted by Crippen LogP contribution is 2.45. The van der Waals surface area contributed by atoms with E-state index in [0.717, 1.165) is 5.56 Å². The Labute approximate surface area is 208 Å². The number of benzene rings is 3. The topological polar surface area (TPSA) is 85.3 Å². The van der Waals surface area contributed by atoms with Crippen LogP contribution in [-0.2, 0) is 9.59 Å². The minimum absolute atomic E-state index is 0.0806. The number of aryl methyl sites for hydroxylation is 1. The monoisotopic (exact) mass is 493 g/mol. The SMILES string of the molecule is COc1ccc(C2/C(=C(\O)c3cc(Cl)c(OC)cc3OC)C(=O)C(=O)N2c2ccccc2C)cc1. The van der Waals surface area contributed by atoms with Crippen LogP contribution in [0.1, 0.15) is 22.7 Å². The van der Waals surface area contributed by atoms with Gasteiger partial charge in [0.2, 0.25) is 0 Å².